The minimum absolute atomic E-state index is 1.03. The van der Waals surface area contributed by atoms with E-state index in [4.69, 9.17) is 0 Å². The highest BCUT2D eigenvalue weighted by Gasteiger charge is 2.11. The summed E-state index contributed by atoms with van der Waals surface area (Å²) in [6.45, 7) is 1.05. The van der Waals surface area contributed by atoms with Crippen LogP contribution in [0.4, 0.5) is 5.69 Å². The Balaban J connectivity index is 2.11. The third-order valence-corrected chi connectivity index (χ3v) is 2.89. The number of aromatic nitrogens is 2. The van der Waals surface area contributed by atoms with Gasteiger partial charge in [0.25, 0.3) is 0 Å². The van der Waals surface area contributed by atoms with E-state index in [-0.39, 0.29) is 0 Å². The van der Waals surface area contributed by atoms with Gasteiger partial charge in [-0.05, 0) is 30.2 Å². The van der Waals surface area contributed by atoms with Crippen molar-refractivity contribution < 1.29 is 0 Å². The van der Waals surface area contributed by atoms with Gasteiger partial charge < -0.3 is 9.88 Å². The molecule has 1 aromatic carbocycles. The predicted octanol–water partition coefficient (Wildman–Crippen LogP) is 2.06. The summed E-state index contributed by atoms with van der Waals surface area (Å²) in [7, 11) is 2.02. The van der Waals surface area contributed by atoms with Crippen LogP contribution in [0.15, 0.2) is 30.6 Å². The molecule has 0 amide bonds. The van der Waals surface area contributed by atoms with E-state index < -0.39 is 0 Å². The van der Waals surface area contributed by atoms with E-state index in [2.05, 4.69) is 28.5 Å². The summed E-state index contributed by atoms with van der Waals surface area (Å²) in [5, 5.41) is 3.36. The molecule has 1 aliphatic heterocycles. The highest BCUT2D eigenvalue weighted by Crippen LogP contribution is 2.27. The zero-order chi connectivity index (χ0) is 10.3. The summed E-state index contributed by atoms with van der Waals surface area (Å²) < 4.78 is 2.05. The van der Waals surface area contributed by atoms with Crippen molar-refractivity contribution in [3.8, 4) is 11.4 Å². The van der Waals surface area contributed by atoms with Crippen molar-refractivity contribution in [1.82, 2.24) is 9.55 Å². The van der Waals surface area contributed by atoms with E-state index in [1.165, 1.54) is 16.8 Å². The number of nitrogens with zero attached hydrogens (tertiary/aromatic N) is 2. The van der Waals surface area contributed by atoms with Crippen LogP contribution >= 0.6 is 0 Å². The van der Waals surface area contributed by atoms with Crippen LogP contribution in [-0.4, -0.2) is 16.1 Å². The molecule has 0 unspecified atom stereocenters. The Morgan fingerprint density at radius 1 is 1.40 bits per heavy atom. The molecular formula is C12H13N3. The molecule has 3 heteroatoms. The minimum atomic E-state index is 1.03. The van der Waals surface area contributed by atoms with E-state index in [9.17, 15) is 0 Å². The van der Waals surface area contributed by atoms with Crippen molar-refractivity contribution in [3.05, 3.63) is 36.2 Å². The molecule has 0 atom stereocenters. The number of imidazole rings is 1. The monoisotopic (exact) mass is 199 g/mol. The first-order valence-corrected chi connectivity index (χ1v) is 5.19. The second-order valence-electron chi connectivity index (χ2n) is 3.91. The number of fused-ring (bicyclic) bond motifs is 1. The Bertz CT molecular complexity index is 499. The molecule has 0 bridgehead atoms. The Morgan fingerprint density at radius 2 is 2.33 bits per heavy atom. The van der Waals surface area contributed by atoms with Gasteiger partial charge in [0.15, 0.2) is 0 Å². The standard InChI is InChI=1S/C12H13N3/c1-15-7-6-14-12(15)10-2-3-11-9(8-10)4-5-13-11/h2-3,6-8,13H,4-5H2,1H3. The summed E-state index contributed by atoms with van der Waals surface area (Å²) in [6, 6.07) is 6.50. The second kappa shape index (κ2) is 3.12. The van der Waals surface area contributed by atoms with Crippen LogP contribution < -0.4 is 5.32 Å². The molecule has 3 nitrogen and oxygen atoms in total. The molecule has 2 heterocycles. The van der Waals surface area contributed by atoms with Crippen LogP contribution in [0.25, 0.3) is 11.4 Å². The lowest BCUT2D eigenvalue weighted by Gasteiger charge is -2.04. The van der Waals surface area contributed by atoms with Crippen LogP contribution in [0, 0.1) is 0 Å². The fourth-order valence-corrected chi connectivity index (χ4v) is 2.09. The van der Waals surface area contributed by atoms with Gasteiger partial charge in [0.05, 0.1) is 0 Å². The first-order valence-electron chi connectivity index (χ1n) is 5.19. The van der Waals surface area contributed by atoms with Crippen LogP contribution in [0.2, 0.25) is 0 Å². The molecular weight excluding hydrogens is 186 g/mol. The van der Waals surface area contributed by atoms with E-state index >= 15 is 0 Å². The molecule has 0 spiro atoms. The van der Waals surface area contributed by atoms with Crippen molar-refractivity contribution in [2.24, 2.45) is 7.05 Å². The van der Waals surface area contributed by atoms with Gasteiger partial charge in [-0.15, -0.1) is 0 Å². The molecule has 0 radical (unpaired) electrons. The number of benzene rings is 1. The van der Waals surface area contributed by atoms with Crippen molar-refractivity contribution in [2.45, 2.75) is 6.42 Å². The molecule has 1 aromatic heterocycles. The Labute approximate surface area is 88.8 Å². The number of rotatable bonds is 1. The van der Waals surface area contributed by atoms with Crippen molar-refractivity contribution in [2.75, 3.05) is 11.9 Å². The predicted molar refractivity (Wildman–Crippen MR) is 60.8 cm³/mol. The summed E-state index contributed by atoms with van der Waals surface area (Å²) >= 11 is 0. The maximum atomic E-state index is 4.35. The largest absolute Gasteiger partial charge is 0.384 e. The molecule has 2 aromatic rings. The fourth-order valence-electron chi connectivity index (χ4n) is 2.09. The van der Waals surface area contributed by atoms with Crippen LogP contribution in [0.3, 0.4) is 0 Å². The highest BCUT2D eigenvalue weighted by molar-refractivity contribution is 5.66. The Hall–Kier alpha value is -1.77. The maximum absolute atomic E-state index is 4.35. The van der Waals surface area contributed by atoms with Gasteiger partial charge in [-0.1, -0.05) is 0 Å². The van der Waals surface area contributed by atoms with E-state index in [1.807, 2.05) is 24.0 Å². The molecule has 0 aliphatic carbocycles. The fraction of sp³-hybridized carbons (Fsp3) is 0.250. The number of nitrogens with one attached hydrogen (secondary N) is 1. The van der Waals surface area contributed by atoms with Gasteiger partial charge in [0.1, 0.15) is 5.82 Å². The lowest BCUT2D eigenvalue weighted by Crippen LogP contribution is -1.92. The zero-order valence-electron chi connectivity index (χ0n) is 8.70. The van der Waals surface area contributed by atoms with Gasteiger partial charge >= 0.3 is 0 Å². The normalized spacial score (nSPS) is 13.7. The molecule has 0 saturated heterocycles. The number of aryl methyl sites for hydroxylation is 1. The third-order valence-electron chi connectivity index (χ3n) is 2.89. The van der Waals surface area contributed by atoms with E-state index in [1.54, 1.807) is 0 Å². The molecule has 15 heavy (non-hydrogen) atoms. The van der Waals surface area contributed by atoms with E-state index in [0.717, 1.165) is 18.8 Å². The van der Waals surface area contributed by atoms with Gasteiger partial charge in [-0.25, -0.2) is 4.98 Å². The van der Waals surface area contributed by atoms with Gasteiger partial charge in [0, 0.05) is 37.2 Å². The average Bonchev–Trinajstić information content (AvgIpc) is 2.84. The Kier molecular flexibility index (Phi) is 1.78. The number of hydrogen-bond acceptors (Lipinski definition) is 2. The van der Waals surface area contributed by atoms with Crippen molar-refractivity contribution in [3.63, 3.8) is 0 Å². The first kappa shape index (κ1) is 8.53. The highest BCUT2D eigenvalue weighted by atomic mass is 15.0. The average molecular weight is 199 g/mol. The van der Waals surface area contributed by atoms with E-state index in [0.29, 0.717) is 0 Å². The smallest absolute Gasteiger partial charge is 0.139 e. The SMILES string of the molecule is Cn1ccnc1-c1ccc2c(c1)CCN2. The van der Waals surface area contributed by atoms with Crippen molar-refractivity contribution in [1.29, 1.82) is 0 Å². The second-order valence-corrected chi connectivity index (χ2v) is 3.91. The maximum Gasteiger partial charge on any atom is 0.139 e. The van der Waals surface area contributed by atoms with Gasteiger partial charge in [0.2, 0.25) is 0 Å². The van der Waals surface area contributed by atoms with Gasteiger partial charge in [-0.2, -0.15) is 0 Å². The zero-order valence-corrected chi connectivity index (χ0v) is 8.70. The molecule has 0 fully saturated rings. The molecule has 0 saturated carbocycles. The quantitative estimate of drug-likeness (QED) is 0.761. The molecule has 3 rings (SSSR count). The van der Waals surface area contributed by atoms with Crippen LogP contribution in [0.5, 0.6) is 0 Å². The first-order chi connectivity index (χ1) is 7.34. The van der Waals surface area contributed by atoms with Crippen LogP contribution in [-0.2, 0) is 13.5 Å². The van der Waals surface area contributed by atoms with Crippen LogP contribution in [0.1, 0.15) is 5.56 Å². The molecule has 1 N–H and O–H groups in total. The lowest BCUT2D eigenvalue weighted by atomic mass is 10.1. The van der Waals surface area contributed by atoms with Gasteiger partial charge in [-0.3, -0.25) is 0 Å². The lowest BCUT2D eigenvalue weighted by molar-refractivity contribution is 0.924. The topological polar surface area (TPSA) is 29.9 Å². The molecule has 1 aliphatic rings. The number of anilines is 1. The summed E-state index contributed by atoms with van der Waals surface area (Å²) in [6.07, 6.45) is 4.93. The van der Waals surface area contributed by atoms with Crippen molar-refractivity contribution >= 4 is 5.69 Å². The number of hydrogen-bond donors (Lipinski definition) is 1. The summed E-state index contributed by atoms with van der Waals surface area (Å²) in [5.74, 6) is 1.03. The summed E-state index contributed by atoms with van der Waals surface area (Å²) in [4.78, 5) is 4.35. The molecule has 76 valence electrons. The summed E-state index contributed by atoms with van der Waals surface area (Å²) in [5.41, 5.74) is 3.87. The minimum Gasteiger partial charge on any atom is -0.384 e. The Morgan fingerprint density at radius 3 is 3.13 bits per heavy atom. The third kappa shape index (κ3) is 1.31.